The lowest BCUT2D eigenvalue weighted by Gasteiger charge is -2.09. The molecule has 0 spiro atoms. The quantitative estimate of drug-likeness (QED) is 0.623. The maximum atomic E-state index is 11.6. The maximum absolute atomic E-state index is 11.6. The Morgan fingerprint density at radius 3 is 2.20 bits per heavy atom. The molecule has 0 bridgehead atoms. The highest BCUT2D eigenvalue weighted by Crippen LogP contribution is 2.06. The van der Waals surface area contributed by atoms with Gasteiger partial charge in [-0.3, -0.25) is 0 Å². The number of sulfone groups is 1. The van der Waals surface area contributed by atoms with E-state index in [4.69, 9.17) is 5.73 Å². The second-order valence-electron chi connectivity index (χ2n) is 4.20. The predicted molar refractivity (Wildman–Crippen MR) is 65.7 cm³/mol. The lowest BCUT2D eigenvalue weighted by atomic mass is 10.2. The van der Waals surface area contributed by atoms with Crippen molar-refractivity contribution in [2.24, 2.45) is 5.73 Å². The van der Waals surface area contributed by atoms with Crippen molar-refractivity contribution in [2.75, 3.05) is 11.5 Å². The fourth-order valence-electron chi connectivity index (χ4n) is 1.45. The molecule has 1 atom stereocenters. The van der Waals surface area contributed by atoms with Crippen molar-refractivity contribution >= 4 is 9.84 Å². The largest absolute Gasteiger partial charge is 0.327 e. The third-order valence-electron chi connectivity index (χ3n) is 2.55. The number of hydrogen-bond donors (Lipinski definition) is 1. The minimum atomic E-state index is -2.91. The van der Waals surface area contributed by atoms with Crippen LogP contribution in [0.3, 0.4) is 0 Å². The van der Waals surface area contributed by atoms with Crippen LogP contribution >= 0.6 is 0 Å². The molecule has 0 fully saturated rings. The van der Waals surface area contributed by atoms with Crippen molar-refractivity contribution in [2.45, 2.75) is 58.4 Å². The molecule has 3 nitrogen and oxygen atoms in total. The van der Waals surface area contributed by atoms with Crippen molar-refractivity contribution < 1.29 is 8.42 Å². The first-order valence-corrected chi connectivity index (χ1v) is 7.80. The molecule has 15 heavy (non-hydrogen) atoms. The van der Waals surface area contributed by atoms with Gasteiger partial charge in [0.25, 0.3) is 0 Å². The van der Waals surface area contributed by atoms with E-state index in [1.54, 1.807) is 0 Å². The van der Waals surface area contributed by atoms with E-state index in [9.17, 15) is 8.42 Å². The second kappa shape index (κ2) is 8.11. The molecule has 4 heteroatoms. The Balaban J connectivity index is 3.65. The van der Waals surface area contributed by atoms with Gasteiger partial charge in [-0.1, -0.05) is 39.5 Å². The molecule has 0 saturated heterocycles. The average Bonchev–Trinajstić information content (AvgIpc) is 2.16. The lowest BCUT2D eigenvalue weighted by molar-refractivity contribution is 0.576. The number of nitrogens with two attached hydrogens (primary N) is 1. The van der Waals surface area contributed by atoms with Gasteiger partial charge in [0.2, 0.25) is 0 Å². The van der Waals surface area contributed by atoms with Crippen LogP contribution < -0.4 is 5.73 Å². The van der Waals surface area contributed by atoms with Crippen molar-refractivity contribution in [1.29, 1.82) is 0 Å². The van der Waals surface area contributed by atoms with E-state index in [1.165, 1.54) is 12.8 Å². The summed E-state index contributed by atoms with van der Waals surface area (Å²) in [5, 5.41) is 0. The topological polar surface area (TPSA) is 60.2 Å². The lowest BCUT2D eigenvalue weighted by Crippen LogP contribution is -2.30. The fourth-order valence-corrected chi connectivity index (χ4v) is 3.15. The Hall–Kier alpha value is -0.0900. The minimum absolute atomic E-state index is 0.150. The van der Waals surface area contributed by atoms with E-state index < -0.39 is 9.84 Å². The maximum Gasteiger partial charge on any atom is 0.151 e. The van der Waals surface area contributed by atoms with E-state index in [0.717, 1.165) is 25.7 Å². The Morgan fingerprint density at radius 2 is 1.67 bits per heavy atom. The van der Waals surface area contributed by atoms with Crippen LogP contribution in [0.25, 0.3) is 0 Å². The van der Waals surface area contributed by atoms with Gasteiger partial charge in [-0.05, 0) is 12.8 Å². The van der Waals surface area contributed by atoms with Crippen LogP contribution in [0.5, 0.6) is 0 Å². The Labute approximate surface area is 94.4 Å². The molecule has 92 valence electrons. The van der Waals surface area contributed by atoms with Crippen molar-refractivity contribution in [1.82, 2.24) is 0 Å². The molecule has 0 radical (unpaired) electrons. The van der Waals surface area contributed by atoms with Crippen molar-refractivity contribution in [3.8, 4) is 0 Å². The molecule has 0 aromatic heterocycles. The predicted octanol–water partition coefficient (Wildman–Crippen LogP) is 2.11. The van der Waals surface area contributed by atoms with Crippen molar-refractivity contribution in [3.05, 3.63) is 0 Å². The molecular weight excluding hydrogens is 210 g/mol. The molecule has 0 aliphatic rings. The SMILES string of the molecule is CCCCCCCS(=O)(=O)CC(N)CC. The number of rotatable bonds is 9. The Bertz CT molecular complexity index is 237. The highest BCUT2D eigenvalue weighted by Gasteiger charge is 2.14. The van der Waals surface area contributed by atoms with Gasteiger partial charge in [0.05, 0.1) is 11.5 Å². The summed E-state index contributed by atoms with van der Waals surface area (Å²) in [4.78, 5) is 0. The highest BCUT2D eigenvalue weighted by molar-refractivity contribution is 7.91. The zero-order chi connectivity index (χ0) is 11.7. The fraction of sp³-hybridized carbons (Fsp3) is 1.00. The summed E-state index contributed by atoms with van der Waals surface area (Å²) >= 11 is 0. The molecule has 0 aromatic rings. The van der Waals surface area contributed by atoms with E-state index in [2.05, 4.69) is 6.92 Å². The molecule has 0 amide bonds. The summed E-state index contributed by atoms with van der Waals surface area (Å²) in [6, 6.07) is -0.189. The zero-order valence-electron chi connectivity index (χ0n) is 10.0. The van der Waals surface area contributed by atoms with Gasteiger partial charge in [0.1, 0.15) is 0 Å². The number of hydrogen-bond acceptors (Lipinski definition) is 3. The van der Waals surface area contributed by atoms with E-state index >= 15 is 0 Å². The Morgan fingerprint density at radius 1 is 1.07 bits per heavy atom. The van der Waals surface area contributed by atoms with Crippen molar-refractivity contribution in [3.63, 3.8) is 0 Å². The first-order chi connectivity index (χ1) is 7.02. The van der Waals surface area contributed by atoms with Crippen LogP contribution in [0.4, 0.5) is 0 Å². The zero-order valence-corrected chi connectivity index (χ0v) is 10.9. The highest BCUT2D eigenvalue weighted by atomic mass is 32.2. The number of unbranched alkanes of at least 4 members (excludes halogenated alkanes) is 4. The van der Waals surface area contributed by atoms with Crippen LogP contribution in [-0.2, 0) is 9.84 Å². The van der Waals surface area contributed by atoms with Crippen LogP contribution in [0, 0.1) is 0 Å². The summed E-state index contributed by atoms with van der Waals surface area (Å²) in [6.45, 7) is 4.07. The molecule has 0 aliphatic carbocycles. The molecule has 0 aliphatic heterocycles. The second-order valence-corrected chi connectivity index (χ2v) is 6.43. The molecule has 0 saturated carbocycles. The third kappa shape index (κ3) is 8.88. The average molecular weight is 235 g/mol. The molecular formula is C11H25NO2S. The van der Waals surface area contributed by atoms with Gasteiger partial charge >= 0.3 is 0 Å². The molecule has 0 aromatic carbocycles. The molecule has 0 rings (SSSR count). The van der Waals surface area contributed by atoms with Gasteiger partial charge in [0.15, 0.2) is 9.84 Å². The summed E-state index contributed by atoms with van der Waals surface area (Å²) in [7, 11) is -2.91. The monoisotopic (exact) mass is 235 g/mol. The van der Waals surface area contributed by atoms with Crippen LogP contribution in [0.1, 0.15) is 52.4 Å². The third-order valence-corrected chi connectivity index (χ3v) is 4.40. The minimum Gasteiger partial charge on any atom is -0.327 e. The summed E-state index contributed by atoms with van der Waals surface area (Å²) in [5.41, 5.74) is 5.63. The van der Waals surface area contributed by atoms with E-state index in [0.29, 0.717) is 5.75 Å². The summed E-state index contributed by atoms with van der Waals surface area (Å²) in [5.74, 6) is 0.460. The van der Waals surface area contributed by atoms with Gasteiger partial charge in [0, 0.05) is 6.04 Å². The molecule has 2 N–H and O–H groups in total. The van der Waals surface area contributed by atoms with Gasteiger partial charge < -0.3 is 5.73 Å². The first-order valence-electron chi connectivity index (χ1n) is 5.97. The van der Waals surface area contributed by atoms with Gasteiger partial charge in [-0.2, -0.15) is 0 Å². The molecule has 1 unspecified atom stereocenters. The van der Waals surface area contributed by atoms with E-state index in [-0.39, 0.29) is 11.8 Å². The smallest absolute Gasteiger partial charge is 0.151 e. The molecule has 0 heterocycles. The van der Waals surface area contributed by atoms with Crippen LogP contribution in [0.2, 0.25) is 0 Å². The van der Waals surface area contributed by atoms with Crippen LogP contribution in [-0.4, -0.2) is 26.0 Å². The first kappa shape index (κ1) is 14.9. The summed E-state index contributed by atoms with van der Waals surface area (Å²) < 4.78 is 23.1. The van der Waals surface area contributed by atoms with E-state index in [1.807, 2.05) is 6.92 Å². The van der Waals surface area contributed by atoms with Gasteiger partial charge in [-0.15, -0.1) is 0 Å². The summed E-state index contributed by atoms with van der Waals surface area (Å²) in [6.07, 6.45) is 6.08. The van der Waals surface area contributed by atoms with Crippen LogP contribution in [0.15, 0.2) is 0 Å². The normalized spacial score (nSPS) is 14.1. The standard InChI is InChI=1S/C11H25NO2S/c1-3-5-6-7-8-9-15(13,14)10-11(12)4-2/h11H,3-10,12H2,1-2H3. The Kier molecular flexibility index (Phi) is 8.06. The van der Waals surface area contributed by atoms with Gasteiger partial charge in [-0.25, -0.2) is 8.42 Å².